The van der Waals surface area contributed by atoms with Gasteiger partial charge in [-0.05, 0) is 30.7 Å². The third-order valence-corrected chi connectivity index (χ3v) is 2.11. The first kappa shape index (κ1) is 12.2. The average Bonchev–Trinajstić information content (AvgIpc) is 2.27. The Labute approximate surface area is 93.5 Å². The summed E-state index contributed by atoms with van der Waals surface area (Å²) in [5.74, 6) is -0.358. The van der Waals surface area contributed by atoms with Crippen LogP contribution in [-0.4, -0.2) is 20.2 Å². The molecule has 4 heteroatoms. The fourth-order valence-electron chi connectivity index (χ4n) is 1.24. The van der Waals surface area contributed by atoms with Crippen LogP contribution in [-0.2, 0) is 9.53 Å². The van der Waals surface area contributed by atoms with Gasteiger partial charge in [-0.15, -0.1) is 0 Å². The summed E-state index contributed by atoms with van der Waals surface area (Å²) in [6, 6.07) is 2.89. The molecule has 0 aliphatic heterocycles. The summed E-state index contributed by atoms with van der Waals surface area (Å²) in [4.78, 5) is 10.9. The Morgan fingerprint density at radius 2 is 2.06 bits per heavy atom. The molecule has 0 aliphatic rings. The van der Waals surface area contributed by atoms with Crippen LogP contribution in [0.5, 0.6) is 5.75 Å². The Hall–Kier alpha value is -1.84. The number of carbonyl (C=O) groups is 1. The van der Waals surface area contributed by atoms with Gasteiger partial charge in [-0.25, -0.2) is 9.18 Å². The molecule has 16 heavy (non-hydrogen) atoms. The lowest BCUT2D eigenvalue weighted by molar-refractivity contribution is -0.134. The minimum Gasteiger partial charge on any atom is -0.496 e. The zero-order valence-electron chi connectivity index (χ0n) is 9.41. The number of hydrogen-bond acceptors (Lipinski definition) is 3. The lowest BCUT2D eigenvalue weighted by Crippen LogP contribution is -1.95. The first-order valence-electron chi connectivity index (χ1n) is 4.68. The highest BCUT2D eigenvalue weighted by Crippen LogP contribution is 2.22. The molecule has 86 valence electrons. The van der Waals surface area contributed by atoms with Crippen molar-refractivity contribution in [1.29, 1.82) is 0 Å². The molecule has 3 nitrogen and oxygen atoms in total. The van der Waals surface area contributed by atoms with Crippen molar-refractivity contribution >= 4 is 12.0 Å². The Morgan fingerprint density at radius 1 is 1.38 bits per heavy atom. The van der Waals surface area contributed by atoms with Gasteiger partial charge in [0.1, 0.15) is 11.6 Å². The quantitative estimate of drug-likeness (QED) is 0.584. The van der Waals surface area contributed by atoms with E-state index in [9.17, 15) is 9.18 Å². The van der Waals surface area contributed by atoms with Gasteiger partial charge < -0.3 is 9.47 Å². The van der Waals surface area contributed by atoms with Gasteiger partial charge in [0.2, 0.25) is 0 Å². The molecule has 0 unspecified atom stereocenters. The van der Waals surface area contributed by atoms with Crippen LogP contribution < -0.4 is 4.74 Å². The smallest absolute Gasteiger partial charge is 0.330 e. The van der Waals surface area contributed by atoms with Gasteiger partial charge in [-0.3, -0.25) is 0 Å². The highest BCUT2D eigenvalue weighted by Gasteiger charge is 2.05. The van der Waals surface area contributed by atoms with Gasteiger partial charge in [-0.1, -0.05) is 0 Å². The fourth-order valence-corrected chi connectivity index (χ4v) is 1.24. The third-order valence-electron chi connectivity index (χ3n) is 2.11. The molecule has 0 amide bonds. The molecule has 0 saturated carbocycles. The van der Waals surface area contributed by atoms with Crippen molar-refractivity contribution in [3.05, 3.63) is 35.2 Å². The maximum Gasteiger partial charge on any atom is 0.330 e. The van der Waals surface area contributed by atoms with Gasteiger partial charge in [0.05, 0.1) is 14.2 Å². The molecule has 0 atom stereocenters. The third kappa shape index (κ3) is 2.82. The van der Waals surface area contributed by atoms with E-state index in [0.29, 0.717) is 11.3 Å². The second-order valence-electron chi connectivity index (χ2n) is 3.20. The summed E-state index contributed by atoms with van der Waals surface area (Å²) < 4.78 is 22.9. The van der Waals surface area contributed by atoms with Crippen LogP contribution in [0.2, 0.25) is 0 Å². The van der Waals surface area contributed by atoms with Crippen molar-refractivity contribution < 1.29 is 18.7 Å². The number of carbonyl (C=O) groups excluding carboxylic acids is 1. The molecular formula is C12H13FO3. The summed E-state index contributed by atoms with van der Waals surface area (Å²) in [7, 11) is 2.77. The second kappa shape index (κ2) is 5.30. The zero-order valence-corrected chi connectivity index (χ0v) is 9.41. The lowest BCUT2D eigenvalue weighted by Gasteiger charge is -2.06. The molecule has 0 bridgehead atoms. The number of esters is 1. The van der Waals surface area contributed by atoms with Gasteiger partial charge >= 0.3 is 5.97 Å². The van der Waals surface area contributed by atoms with E-state index in [1.54, 1.807) is 6.92 Å². The number of hydrogen-bond donors (Lipinski definition) is 0. The molecule has 0 radical (unpaired) electrons. The molecule has 1 aromatic carbocycles. The van der Waals surface area contributed by atoms with Crippen LogP contribution in [0, 0.1) is 12.7 Å². The molecule has 0 fully saturated rings. The van der Waals surface area contributed by atoms with Gasteiger partial charge in [-0.2, -0.15) is 0 Å². The van der Waals surface area contributed by atoms with Gasteiger partial charge in [0, 0.05) is 11.6 Å². The van der Waals surface area contributed by atoms with E-state index in [1.165, 1.54) is 32.4 Å². The maximum absolute atomic E-state index is 13.5. The molecule has 0 N–H and O–H groups in total. The normalized spacial score (nSPS) is 10.5. The molecule has 0 aromatic heterocycles. The van der Waals surface area contributed by atoms with Crippen molar-refractivity contribution in [2.24, 2.45) is 0 Å². The van der Waals surface area contributed by atoms with E-state index in [0.717, 1.165) is 6.08 Å². The Morgan fingerprint density at radius 3 is 2.62 bits per heavy atom. The van der Waals surface area contributed by atoms with E-state index < -0.39 is 11.8 Å². The Bertz CT molecular complexity index is 425. The number of aryl methyl sites for hydroxylation is 1. The van der Waals surface area contributed by atoms with E-state index >= 15 is 0 Å². The van der Waals surface area contributed by atoms with Crippen molar-refractivity contribution in [3.63, 3.8) is 0 Å². The summed E-state index contributed by atoms with van der Waals surface area (Å²) in [6.45, 7) is 1.75. The average molecular weight is 224 g/mol. The Kier molecular flexibility index (Phi) is 4.05. The highest BCUT2D eigenvalue weighted by atomic mass is 19.1. The van der Waals surface area contributed by atoms with Crippen molar-refractivity contribution in [3.8, 4) is 5.75 Å². The largest absolute Gasteiger partial charge is 0.496 e. The van der Waals surface area contributed by atoms with Gasteiger partial charge in [0.25, 0.3) is 0 Å². The van der Waals surface area contributed by atoms with Crippen LogP contribution in [0.1, 0.15) is 11.1 Å². The summed E-state index contributed by atoms with van der Waals surface area (Å²) in [5.41, 5.74) is 0.989. The zero-order chi connectivity index (χ0) is 12.1. The predicted octanol–water partition coefficient (Wildman–Crippen LogP) is 2.33. The van der Waals surface area contributed by atoms with E-state index in [-0.39, 0.29) is 5.56 Å². The SMILES string of the molecule is COC(=O)/C=C/c1cc(OC)c(C)cc1F. The molecule has 0 saturated heterocycles. The monoisotopic (exact) mass is 224 g/mol. The molecule has 1 rings (SSSR count). The van der Waals surface area contributed by atoms with Crippen LogP contribution in [0.4, 0.5) is 4.39 Å². The van der Waals surface area contributed by atoms with Crippen LogP contribution in [0.3, 0.4) is 0 Å². The van der Waals surface area contributed by atoms with Crippen molar-refractivity contribution in [2.45, 2.75) is 6.92 Å². The summed E-state index contributed by atoms with van der Waals surface area (Å²) >= 11 is 0. The fraction of sp³-hybridized carbons (Fsp3) is 0.250. The number of halogens is 1. The summed E-state index contributed by atoms with van der Waals surface area (Å²) in [5, 5.41) is 0. The minimum absolute atomic E-state index is 0.285. The second-order valence-corrected chi connectivity index (χ2v) is 3.20. The molecular weight excluding hydrogens is 211 g/mol. The van der Waals surface area contributed by atoms with Crippen LogP contribution in [0.15, 0.2) is 18.2 Å². The standard InChI is InChI=1S/C12H13FO3/c1-8-6-10(13)9(7-11(8)15-2)4-5-12(14)16-3/h4-7H,1-3H3/b5-4+. The number of benzene rings is 1. The molecule has 0 heterocycles. The van der Waals surface area contributed by atoms with Crippen LogP contribution >= 0.6 is 0 Å². The van der Waals surface area contributed by atoms with E-state index in [2.05, 4.69) is 4.74 Å². The topological polar surface area (TPSA) is 35.5 Å². The predicted molar refractivity (Wildman–Crippen MR) is 58.7 cm³/mol. The van der Waals surface area contributed by atoms with E-state index in [1.807, 2.05) is 0 Å². The maximum atomic E-state index is 13.5. The molecule has 1 aromatic rings. The number of methoxy groups -OCH3 is 2. The molecule has 0 spiro atoms. The van der Waals surface area contributed by atoms with E-state index in [4.69, 9.17) is 4.74 Å². The molecule has 0 aliphatic carbocycles. The Balaban J connectivity index is 3.05. The first-order chi connectivity index (χ1) is 7.58. The van der Waals surface area contributed by atoms with Crippen LogP contribution in [0.25, 0.3) is 6.08 Å². The van der Waals surface area contributed by atoms with Crippen molar-refractivity contribution in [1.82, 2.24) is 0 Å². The first-order valence-corrected chi connectivity index (χ1v) is 4.68. The minimum atomic E-state index is -0.529. The van der Waals surface area contributed by atoms with Crippen molar-refractivity contribution in [2.75, 3.05) is 14.2 Å². The lowest BCUT2D eigenvalue weighted by atomic mass is 10.1. The summed E-state index contributed by atoms with van der Waals surface area (Å²) in [6.07, 6.45) is 2.51. The highest BCUT2D eigenvalue weighted by molar-refractivity contribution is 5.87. The number of rotatable bonds is 3. The van der Waals surface area contributed by atoms with Gasteiger partial charge in [0.15, 0.2) is 0 Å². The number of ether oxygens (including phenoxy) is 2.